The molecule has 1 aromatic carbocycles. The number of benzene rings is 1. The van der Waals surface area contributed by atoms with Crippen molar-refractivity contribution in [3.8, 4) is 11.5 Å². The summed E-state index contributed by atoms with van der Waals surface area (Å²) in [6.45, 7) is 0.314. The maximum absolute atomic E-state index is 9.78. The van der Waals surface area contributed by atoms with Gasteiger partial charge in [-0.15, -0.1) is 0 Å². The molecular weight excluding hydrogens is 224 g/mol. The number of rotatable bonds is 6. The second-order valence-electron chi connectivity index (χ2n) is 2.98. The van der Waals surface area contributed by atoms with E-state index in [9.17, 15) is 14.4 Å². The van der Waals surface area contributed by atoms with Crippen molar-refractivity contribution in [2.75, 3.05) is 0 Å². The summed E-state index contributed by atoms with van der Waals surface area (Å²) in [5.74, 6) is 0.425. The zero-order chi connectivity index (χ0) is 12.9. The van der Waals surface area contributed by atoms with Crippen LogP contribution in [0, 0.1) is 0 Å². The Kier molecular flexibility index (Phi) is 9.03. The monoisotopic (exact) mass is 238 g/mol. The Hall–Kier alpha value is -2.17. The molecule has 1 N–H and O–H groups in total. The number of phenols is 1. The molecule has 0 atom stereocenters. The van der Waals surface area contributed by atoms with Gasteiger partial charge in [0.25, 0.3) is 6.47 Å². The van der Waals surface area contributed by atoms with Gasteiger partial charge >= 0.3 is 0 Å². The number of unbranched alkanes of at least 4 members (excludes halogenated alkanes) is 2. The van der Waals surface area contributed by atoms with E-state index in [-0.39, 0.29) is 5.75 Å². The minimum atomic E-state index is 0.0827. The quantitative estimate of drug-likeness (QED) is 0.599. The molecule has 5 heteroatoms. The molecular formula is C12H14O5. The molecule has 0 bridgehead atoms. The fraction of sp³-hybridized carbons (Fsp3) is 0.250. The van der Waals surface area contributed by atoms with Crippen molar-refractivity contribution in [1.29, 1.82) is 0 Å². The summed E-state index contributed by atoms with van der Waals surface area (Å²) in [5.41, 5.74) is 0. The van der Waals surface area contributed by atoms with Gasteiger partial charge in [0.1, 0.15) is 24.1 Å². The highest BCUT2D eigenvalue weighted by Crippen LogP contribution is 2.16. The SMILES string of the molecule is O=CCCCC=O.O=COc1cccc(O)c1. The standard InChI is InChI=1S/C7H6O3.C5H8O2/c8-5-10-7-3-1-2-6(9)4-7;6-4-2-1-3-5-7/h1-5,9H;4-5H,1-3H2. The first kappa shape index (κ1) is 14.8. The topological polar surface area (TPSA) is 80.7 Å². The molecule has 17 heavy (non-hydrogen) atoms. The highest BCUT2D eigenvalue weighted by atomic mass is 16.5. The van der Waals surface area contributed by atoms with Gasteiger partial charge in [-0.25, -0.2) is 0 Å². The molecule has 0 aliphatic carbocycles. The lowest BCUT2D eigenvalue weighted by molar-refractivity contribution is -0.120. The number of hydrogen-bond donors (Lipinski definition) is 1. The van der Waals surface area contributed by atoms with Gasteiger partial charge in [-0.3, -0.25) is 4.79 Å². The number of carbonyl (C=O) groups excluding carboxylic acids is 3. The zero-order valence-electron chi connectivity index (χ0n) is 9.24. The molecule has 0 radical (unpaired) electrons. The van der Waals surface area contributed by atoms with Gasteiger partial charge in [0, 0.05) is 18.9 Å². The summed E-state index contributed by atoms with van der Waals surface area (Å²) in [5, 5.41) is 8.84. The predicted octanol–water partition coefficient (Wildman–Crippen LogP) is 1.48. The Bertz CT molecular complexity index is 341. The average Bonchev–Trinajstić information content (AvgIpc) is 2.31. The highest BCUT2D eigenvalue weighted by Gasteiger charge is 1.91. The van der Waals surface area contributed by atoms with E-state index in [0.717, 1.165) is 12.6 Å². The Morgan fingerprint density at radius 1 is 1.12 bits per heavy atom. The third-order valence-electron chi connectivity index (χ3n) is 1.65. The van der Waals surface area contributed by atoms with Crippen LogP contribution in [-0.2, 0) is 14.4 Å². The van der Waals surface area contributed by atoms with E-state index in [1.54, 1.807) is 12.1 Å². The van der Waals surface area contributed by atoms with E-state index in [1.165, 1.54) is 12.1 Å². The molecule has 0 aliphatic heterocycles. The molecule has 1 aromatic rings. The number of aromatic hydroxyl groups is 1. The van der Waals surface area contributed by atoms with Crippen molar-refractivity contribution in [1.82, 2.24) is 0 Å². The highest BCUT2D eigenvalue weighted by molar-refractivity contribution is 5.52. The molecule has 0 unspecified atom stereocenters. The van der Waals surface area contributed by atoms with Crippen LogP contribution in [0.15, 0.2) is 24.3 Å². The lowest BCUT2D eigenvalue weighted by Crippen LogP contribution is -1.86. The molecule has 0 aliphatic rings. The smallest absolute Gasteiger partial charge is 0.298 e. The summed E-state index contributed by atoms with van der Waals surface area (Å²) in [4.78, 5) is 28.9. The van der Waals surface area contributed by atoms with Crippen molar-refractivity contribution in [3.05, 3.63) is 24.3 Å². The van der Waals surface area contributed by atoms with E-state index in [1.807, 2.05) is 0 Å². The minimum absolute atomic E-state index is 0.0827. The van der Waals surface area contributed by atoms with Crippen molar-refractivity contribution in [2.45, 2.75) is 19.3 Å². The summed E-state index contributed by atoms with van der Waals surface area (Å²) in [7, 11) is 0. The summed E-state index contributed by atoms with van der Waals surface area (Å²) in [6.07, 6.45) is 3.37. The first-order valence-electron chi connectivity index (χ1n) is 5.01. The molecule has 0 amide bonds. The van der Waals surface area contributed by atoms with Gasteiger partial charge in [0.2, 0.25) is 0 Å². The van der Waals surface area contributed by atoms with Crippen LogP contribution in [0.1, 0.15) is 19.3 Å². The zero-order valence-corrected chi connectivity index (χ0v) is 9.24. The van der Waals surface area contributed by atoms with Crippen LogP contribution in [0.5, 0.6) is 11.5 Å². The van der Waals surface area contributed by atoms with Gasteiger partial charge in [-0.2, -0.15) is 0 Å². The number of ether oxygens (including phenoxy) is 1. The molecule has 0 fully saturated rings. The van der Waals surface area contributed by atoms with Crippen LogP contribution in [0.3, 0.4) is 0 Å². The van der Waals surface area contributed by atoms with E-state index in [2.05, 4.69) is 4.74 Å². The van der Waals surface area contributed by atoms with Crippen LogP contribution < -0.4 is 4.74 Å². The van der Waals surface area contributed by atoms with Gasteiger partial charge in [-0.1, -0.05) is 6.07 Å². The Labute approximate surface area is 99.0 Å². The Morgan fingerprint density at radius 2 is 1.76 bits per heavy atom. The van der Waals surface area contributed by atoms with E-state index >= 15 is 0 Å². The van der Waals surface area contributed by atoms with Crippen LogP contribution in [0.25, 0.3) is 0 Å². The largest absolute Gasteiger partial charge is 0.508 e. The Balaban J connectivity index is 0.000000325. The molecule has 0 saturated carbocycles. The fourth-order valence-corrected chi connectivity index (χ4v) is 0.897. The number of hydrogen-bond acceptors (Lipinski definition) is 5. The summed E-state index contributed by atoms with van der Waals surface area (Å²) in [6, 6.07) is 6.02. The van der Waals surface area contributed by atoms with Crippen molar-refractivity contribution in [2.24, 2.45) is 0 Å². The normalized spacial score (nSPS) is 8.47. The molecule has 0 saturated heterocycles. The molecule has 0 aromatic heterocycles. The maximum atomic E-state index is 9.78. The van der Waals surface area contributed by atoms with Gasteiger partial charge in [-0.05, 0) is 18.6 Å². The molecule has 0 spiro atoms. The second kappa shape index (κ2) is 10.4. The van der Waals surface area contributed by atoms with Gasteiger partial charge in [0.15, 0.2) is 0 Å². The summed E-state index contributed by atoms with van der Waals surface area (Å²) >= 11 is 0. The first-order chi connectivity index (χ1) is 8.24. The van der Waals surface area contributed by atoms with Gasteiger partial charge < -0.3 is 19.4 Å². The third-order valence-corrected chi connectivity index (χ3v) is 1.65. The number of phenolic OH excluding ortho intramolecular Hbond substituents is 1. The first-order valence-corrected chi connectivity index (χ1v) is 5.01. The van der Waals surface area contributed by atoms with E-state index in [4.69, 9.17) is 5.11 Å². The molecule has 92 valence electrons. The molecule has 1 rings (SSSR count). The predicted molar refractivity (Wildman–Crippen MR) is 60.8 cm³/mol. The Morgan fingerprint density at radius 3 is 2.24 bits per heavy atom. The second-order valence-corrected chi connectivity index (χ2v) is 2.98. The maximum Gasteiger partial charge on any atom is 0.298 e. The van der Waals surface area contributed by atoms with Gasteiger partial charge in [0.05, 0.1) is 0 Å². The van der Waals surface area contributed by atoms with Crippen LogP contribution in [-0.4, -0.2) is 24.2 Å². The molecule has 5 nitrogen and oxygen atoms in total. The minimum Gasteiger partial charge on any atom is -0.508 e. The van der Waals surface area contributed by atoms with Crippen LogP contribution in [0.2, 0.25) is 0 Å². The summed E-state index contributed by atoms with van der Waals surface area (Å²) < 4.78 is 4.45. The average molecular weight is 238 g/mol. The van der Waals surface area contributed by atoms with E-state index < -0.39 is 0 Å². The molecule has 0 heterocycles. The van der Waals surface area contributed by atoms with Crippen LogP contribution in [0.4, 0.5) is 0 Å². The lowest BCUT2D eigenvalue weighted by atomic mass is 10.3. The van der Waals surface area contributed by atoms with E-state index in [0.29, 0.717) is 31.5 Å². The fourth-order valence-electron chi connectivity index (χ4n) is 0.897. The third kappa shape index (κ3) is 8.80. The number of carbonyl (C=O) groups is 3. The van der Waals surface area contributed by atoms with Crippen molar-refractivity contribution < 1.29 is 24.2 Å². The van der Waals surface area contributed by atoms with Crippen molar-refractivity contribution >= 4 is 19.0 Å². The lowest BCUT2D eigenvalue weighted by Gasteiger charge is -1.95. The van der Waals surface area contributed by atoms with Crippen LogP contribution >= 0.6 is 0 Å². The number of aldehydes is 2. The van der Waals surface area contributed by atoms with Crippen molar-refractivity contribution in [3.63, 3.8) is 0 Å².